The largest absolute Gasteiger partial charge is 0.435 e. The van der Waals surface area contributed by atoms with E-state index in [0.717, 1.165) is 27.3 Å². The van der Waals surface area contributed by atoms with E-state index in [4.69, 9.17) is 12.2 Å². The van der Waals surface area contributed by atoms with Crippen LogP contribution in [0.2, 0.25) is 0 Å². The van der Waals surface area contributed by atoms with Gasteiger partial charge >= 0.3 is 12.7 Å². The van der Waals surface area contributed by atoms with E-state index in [1.54, 1.807) is 33.8 Å². The van der Waals surface area contributed by atoms with Crippen LogP contribution in [0.15, 0.2) is 35.8 Å². The van der Waals surface area contributed by atoms with Gasteiger partial charge < -0.3 is 10.2 Å². The Labute approximate surface area is 211 Å². The molecule has 1 N–H and O–H groups in total. The molecule has 0 bridgehead atoms. The highest BCUT2D eigenvalue weighted by Gasteiger charge is 2.36. The average molecular weight is 537 g/mol. The van der Waals surface area contributed by atoms with Gasteiger partial charge in [-0.1, -0.05) is 39.1 Å². The van der Waals surface area contributed by atoms with Crippen molar-refractivity contribution in [3.63, 3.8) is 0 Å². The van der Waals surface area contributed by atoms with E-state index in [9.17, 15) is 31.1 Å². The predicted octanol–water partition coefficient (Wildman–Crippen LogP) is 6.14. The summed E-state index contributed by atoms with van der Waals surface area (Å²) in [6, 6.07) is 0.817. The Kier molecular flexibility index (Phi) is 9.55. The summed E-state index contributed by atoms with van der Waals surface area (Å²) in [4.78, 5) is 12.2. The first-order valence-corrected chi connectivity index (χ1v) is 11.7. The Balaban J connectivity index is 2.29. The van der Waals surface area contributed by atoms with Crippen LogP contribution in [0, 0.1) is 11.8 Å². The van der Waals surface area contributed by atoms with E-state index >= 15 is 0 Å². The predicted molar refractivity (Wildman–Crippen MR) is 130 cm³/mol. The molecule has 0 spiro atoms. The quantitative estimate of drug-likeness (QED) is 0.0920. The Bertz CT molecular complexity index is 1060. The third kappa shape index (κ3) is 8.21. The highest BCUT2D eigenvalue weighted by molar-refractivity contribution is 7.80. The van der Waals surface area contributed by atoms with Crippen molar-refractivity contribution in [1.82, 2.24) is 20.0 Å². The number of aromatic nitrogens is 2. The van der Waals surface area contributed by atoms with Crippen molar-refractivity contribution >= 4 is 29.1 Å². The van der Waals surface area contributed by atoms with E-state index < -0.39 is 29.8 Å². The highest BCUT2D eigenvalue weighted by Crippen LogP contribution is 2.32. The number of thiocarbonyl (C=S) groups is 1. The summed E-state index contributed by atoms with van der Waals surface area (Å²) in [7, 11) is 0. The smallest absolute Gasteiger partial charge is 0.373 e. The molecular weight excluding hydrogens is 506 g/mol. The molecule has 0 aliphatic carbocycles. The van der Waals surface area contributed by atoms with Crippen molar-refractivity contribution in [2.24, 2.45) is 11.8 Å². The zero-order valence-electron chi connectivity index (χ0n) is 20.7. The van der Waals surface area contributed by atoms with Crippen molar-refractivity contribution in [3.05, 3.63) is 47.2 Å². The lowest BCUT2D eigenvalue weighted by atomic mass is 9.96. The second-order valence-corrected chi connectivity index (χ2v) is 10.2. The van der Waals surface area contributed by atoms with Crippen molar-refractivity contribution in [2.45, 2.75) is 65.8 Å². The number of rotatable bonds is 11. The molecule has 2 heterocycles. The molecule has 1 aromatic heterocycles. The van der Waals surface area contributed by atoms with E-state index in [1.165, 1.54) is 6.20 Å². The molecule has 0 fully saturated rings. The number of hydrogen-bond acceptors (Lipinski definition) is 4. The minimum Gasteiger partial charge on any atom is -0.373 e. The Morgan fingerprint density at radius 3 is 2.36 bits per heavy atom. The molecule has 0 radical (unpaired) electrons. The van der Waals surface area contributed by atoms with Crippen LogP contribution in [0.5, 0.6) is 0 Å². The lowest BCUT2D eigenvalue weighted by molar-refractivity contribution is -0.141. The molecule has 1 atom stereocenters. The summed E-state index contributed by atoms with van der Waals surface area (Å²) in [5, 5.41) is 6.85. The van der Waals surface area contributed by atoms with Gasteiger partial charge in [0.25, 0.3) is 0 Å². The van der Waals surface area contributed by atoms with Crippen LogP contribution in [0.25, 0.3) is 5.57 Å². The Morgan fingerprint density at radius 2 is 1.86 bits per heavy atom. The molecule has 0 amide bonds. The van der Waals surface area contributed by atoms with Crippen LogP contribution in [-0.2, 0) is 17.5 Å². The number of aldehydes is 1. The van der Waals surface area contributed by atoms with Gasteiger partial charge in [-0.25, -0.2) is 4.39 Å². The molecule has 0 saturated heterocycles. The van der Waals surface area contributed by atoms with Crippen molar-refractivity contribution in [1.29, 1.82) is 0 Å². The maximum atomic E-state index is 13.8. The van der Waals surface area contributed by atoms with Gasteiger partial charge in [0.15, 0.2) is 17.8 Å². The molecule has 5 nitrogen and oxygen atoms in total. The van der Waals surface area contributed by atoms with Gasteiger partial charge in [0.05, 0.1) is 22.8 Å². The van der Waals surface area contributed by atoms with Crippen LogP contribution in [0.3, 0.4) is 0 Å². The highest BCUT2D eigenvalue weighted by atomic mass is 32.1. The maximum Gasteiger partial charge on any atom is 0.435 e. The molecule has 0 saturated carbocycles. The first-order chi connectivity index (χ1) is 16.5. The van der Waals surface area contributed by atoms with Gasteiger partial charge in [0.2, 0.25) is 0 Å². The van der Waals surface area contributed by atoms with Crippen LogP contribution in [0.4, 0.5) is 26.3 Å². The van der Waals surface area contributed by atoms with Crippen molar-refractivity contribution in [3.8, 4) is 0 Å². The summed E-state index contributed by atoms with van der Waals surface area (Å²) >= 11 is 5.47. The number of nitrogens with one attached hydrogen (secondary N) is 1. The molecule has 200 valence electrons. The third-order valence-corrected chi connectivity index (χ3v) is 5.80. The lowest BCUT2D eigenvalue weighted by Gasteiger charge is -2.34. The minimum atomic E-state index is -4.74. The molecule has 1 unspecified atom stereocenters. The molecule has 12 heteroatoms. The number of hydrogen-bond donors (Lipinski definition) is 1. The minimum absolute atomic E-state index is 0.00594. The number of nitrogens with zero attached hydrogens (tertiary/aromatic N) is 3. The molecule has 0 aromatic carbocycles. The van der Waals surface area contributed by atoms with Crippen LogP contribution >= 0.6 is 12.2 Å². The number of alkyl halides is 5. The number of allylic oxidation sites excluding steroid dienone is 4. The third-order valence-electron chi connectivity index (χ3n) is 5.29. The molecule has 36 heavy (non-hydrogen) atoms. The zero-order chi connectivity index (χ0) is 27.4. The molecular formula is C24H30F6N4OS. The van der Waals surface area contributed by atoms with Gasteiger partial charge in [-0.2, -0.15) is 27.1 Å². The fourth-order valence-corrected chi connectivity index (χ4v) is 4.06. The van der Waals surface area contributed by atoms with Crippen LogP contribution in [0.1, 0.15) is 52.4 Å². The van der Waals surface area contributed by atoms with Crippen molar-refractivity contribution in [2.75, 3.05) is 6.54 Å². The lowest BCUT2D eigenvalue weighted by Crippen LogP contribution is -2.48. The normalized spacial score (nSPS) is 16.2. The van der Waals surface area contributed by atoms with Gasteiger partial charge in [-0.3, -0.25) is 9.48 Å². The Morgan fingerprint density at radius 1 is 1.25 bits per heavy atom. The zero-order valence-corrected chi connectivity index (χ0v) is 21.5. The number of halogens is 6. The second-order valence-electron chi connectivity index (χ2n) is 9.80. The van der Waals surface area contributed by atoms with Gasteiger partial charge in [0.1, 0.15) is 0 Å². The summed E-state index contributed by atoms with van der Waals surface area (Å²) in [6.45, 7) is 6.33. The summed E-state index contributed by atoms with van der Waals surface area (Å²) in [5.41, 5.74) is -1.13. The summed E-state index contributed by atoms with van der Waals surface area (Å²) in [5.74, 6) is -1.49. The molecule has 1 aromatic rings. The molecule has 1 aliphatic heterocycles. The first-order valence-electron chi connectivity index (χ1n) is 11.3. The second kappa shape index (κ2) is 11.6. The van der Waals surface area contributed by atoms with Crippen molar-refractivity contribution < 1.29 is 31.1 Å². The topological polar surface area (TPSA) is 50.2 Å². The maximum absolute atomic E-state index is 13.8. The Hall–Kier alpha value is -2.63. The van der Waals surface area contributed by atoms with Crippen LogP contribution < -0.4 is 5.32 Å². The van der Waals surface area contributed by atoms with Gasteiger partial charge in [0, 0.05) is 18.7 Å². The fourth-order valence-electron chi connectivity index (χ4n) is 3.70. The number of carbonyl (C=O) groups excluding carboxylic acids is 1. The SMILES string of the molecule is CC(C)C=C(/C=C(/F)C=O)c1cc(C(F)(F)F)nn1CC(C)(C)NC(=S)C(C)CC1=CN(C(F)F)C1. The standard InChI is InChI=1S/C24H30F6N4OS/c1-14(2)6-17(8-18(25)12-35)19-9-20(24(28,29)30)32-34(19)13-23(4,5)31-21(36)15(3)7-16-10-33(11-16)22(26)27/h6,8-10,12,14-15,22H,7,11,13H2,1-5H3,(H,31,36)/b17-6?,18-8+. The fraction of sp³-hybridized carbons (Fsp3) is 0.542. The number of carbonyl (C=O) groups is 1. The summed E-state index contributed by atoms with van der Waals surface area (Å²) < 4.78 is 80.6. The van der Waals surface area contributed by atoms with Gasteiger partial charge in [-0.05, 0) is 49.5 Å². The monoisotopic (exact) mass is 536 g/mol. The van der Waals surface area contributed by atoms with Gasteiger partial charge in [-0.15, -0.1) is 0 Å². The van der Waals surface area contributed by atoms with E-state index in [0.29, 0.717) is 11.4 Å². The molecule has 1 aliphatic rings. The average Bonchev–Trinajstić information content (AvgIpc) is 3.11. The van der Waals surface area contributed by atoms with Crippen LogP contribution in [-0.4, -0.2) is 44.6 Å². The molecule has 2 rings (SSSR count). The van der Waals surface area contributed by atoms with E-state index in [2.05, 4.69) is 10.4 Å². The van der Waals surface area contributed by atoms with E-state index in [1.807, 2.05) is 6.92 Å². The first kappa shape index (κ1) is 29.6. The van der Waals surface area contributed by atoms with E-state index in [-0.39, 0.29) is 42.5 Å². The summed E-state index contributed by atoms with van der Waals surface area (Å²) in [6.07, 6.45) is -0.490.